The van der Waals surface area contributed by atoms with Gasteiger partial charge in [0.2, 0.25) is 5.91 Å². The van der Waals surface area contributed by atoms with Gasteiger partial charge in [0.1, 0.15) is 5.76 Å². The van der Waals surface area contributed by atoms with E-state index in [0.717, 1.165) is 22.5 Å². The topological polar surface area (TPSA) is 72.4 Å². The van der Waals surface area contributed by atoms with Crippen LogP contribution in [0, 0.1) is 0 Å². The predicted octanol–water partition coefficient (Wildman–Crippen LogP) is 4.35. The monoisotopic (exact) mass is 384 g/mol. The fourth-order valence-electron chi connectivity index (χ4n) is 2.97. The normalized spacial score (nSPS) is 11.0. The van der Waals surface area contributed by atoms with E-state index in [4.69, 9.17) is 9.52 Å². The Kier molecular flexibility index (Phi) is 5.62. The second kappa shape index (κ2) is 8.84. The first kappa shape index (κ1) is 18.4. The maximum absolute atomic E-state index is 12.2. The summed E-state index contributed by atoms with van der Waals surface area (Å²) in [4.78, 5) is 12.2. The molecule has 2 heterocycles. The third kappa shape index (κ3) is 4.68. The van der Waals surface area contributed by atoms with Crippen molar-refractivity contribution in [3.63, 3.8) is 0 Å². The molecule has 1 N–H and O–H groups in total. The van der Waals surface area contributed by atoms with Crippen LogP contribution in [0.4, 0.5) is 0 Å². The van der Waals surface area contributed by atoms with Crippen molar-refractivity contribution in [2.45, 2.75) is 13.0 Å². The molecule has 0 aliphatic rings. The highest BCUT2D eigenvalue weighted by molar-refractivity contribution is 5.80. The molecule has 0 saturated heterocycles. The molecular formula is C23H20N4O2. The summed E-state index contributed by atoms with van der Waals surface area (Å²) < 4.78 is 7.01. The SMILES string of the molecule is O=C(CCn1nc(-c2ccccc2)cc1-c1ccccc1)N/N=C/c1ccco1. The Morgan fingerprint density at radius 1 is 1.00 bits per heavy atom. The van der Waals surface area contributed by atoms with Crippen LogP contribution in [0.25, 0.3) is 22.5 Å². The smallest absolute Gasteiger partial charge is 0.241 e. The van der Waals surface area contributed by atoms with E-state index in [1.807, 2.05) is 65.3 Å². The lowest BCUT2D eigenvalue weighted by atomic mass is 10.1. The van der Waals surface area contributed by atoms with Gasteiger partial charge in [-0.15, -0.1) is 0 Å². The number of furan rings is 1. The fraction of sp³-hybridized carbons (Fsp3) is 0.0870. The Morgan fingerprint density at radius 3 is 2.41 bits per heavy atom. The van der Waals surface area contributed by atoms with Crippen LogP contribution in [-0.2, 0) is 11.3 Å². The van der Waals surface area contributed by atoms with Gasteiger partial charge in [0.15, 0.2) is 0 Å². The molecule has 0 saturated carbocycles. The summed E-state index contributed by atoms with van der Waals surface area (Å²) in [6.07, 6.45) is 3.27. The van der Waals surface area contributed by atoms with Crippen LogP contribution in [0.5, 0.6) is 0 Å². The van der Waals surface area contributed by atoms with E-state index in [0.29, 0.717) is 12.3 Å². The summed E-state index contributed by atoms with van der Waals surface area (Å²) in [5.41, 5.74) is 6.45. The van der Waals surface area contributed by atoms with Gasteiger partial charge < -0.3 is 4.42 Å². The summed E-state index contributed by atoms with van der Waals surface area (Å²) in [6, 6.07) is 25.6. The minimum atomic E-state index is -0.191. The molecule has 6 nitrogen and oxygen atoms in total. The number of rotatable bonds is 7. The van der Waals surface area contributed by atoms with Crippen molar-refractivity contribution in [3.05, 3.63) is 90.9 Å². The van der Waals surface area contributed by atoms with Gasteiger partial charge in [0.05, 0.1) is 30.4 Å². The van der Waals surface area contributed by atoms with Gasteiger partial charge in [-0.25, -0.2) is 5.43 Å². The number of hydrazone groups is 1. The highest BCUT2D eigenvalue weighted by Gasteiger charge is 2.12. The molecular weight excluding hydrogens is 364 g/mol. The standard InChI is InChI=1S/C23H20N4O2/c28-23(25-24-17-20-12-7-15-29-20)13-14-27-22(19-10-5-2-6-11-19)16-21(26-27)18-8-3-1-4-9-18/h1-12,15-17H,13-14H2,(H,25,28)/b24-17+. The summed E-state index contributed by atoms with van der Waals surface area (Å²) in [6.45, 7) is 0.444. The average Bonchev–Trinajstić information content (AvgIpc) is 3.44. The van der Waals surface area contributed by atoms with Crippen LogP contribution < -0.4 is 5.43 Å². The number of hydrogen-bond donors (Lipinski definition) is 1. The number of aryl methyl sites for hydroxylation is 1. The molecule has 4 rings (SSSR count). The van der Waals surface area contributed by atoms with Crippen molar-refractivity contribution in [1.29, 1.82) is 0 Å². The van der Waals surface area contributed by atoms with Crippen molar-refractivity contribution in [1.82, 2.24) is 15.2 Å². The maximum Gasteiger partial charge on any atom is 0.241 e. The Morgan fingerprint density at radius 2 is 1.72 bits per heavy atom. The molecule has 0 atom stereocenters. The van der Waals surface area contributed by atoms with Crippen molar-refractivity contribution < 1.29 is 9.21 Å². The van der Waals surface area contributed by atoms with Crippen LogP contribution in [-0.4, -0.2) is 21.9 Å². The molecule has 0 unspecified atom stereocenters. The summed E-state index contributed by atoms with van der Waals surface area (Å²) >= 11 is 0. The summed E-state index contributed by atoms with van der Waals surface area (Å²) in [7, 11) is 0. The quantitative estimate of drug-likeness (QED) is 0.380. The Hall–Kier alpha value is -3.93. The third-order valence-corrected chi connectivity index (χ3v) is 4.39. The van der Waals surface area contributed by atoms with E-state index in [1.165, 1.54) is 6.21 Å². The number of amides is 1. The molecule has 0 aliphatic carbocycles. The van der Waals surface area contributed by atoms with Gasteiger partial charge in [-0.1, -0.05) is 60.7 Å². The van der Waals surface area contributed by atoms with Gasteiger partial charge >= 0.3 is 0 Å². The first-order valence-corrected chi connectivity index (χ1v) is 9.34. The highest BCUT2D eigenvalue weighted by Crippen LogP contribution is 2.26. The highest BCUT2D eigenvalue weighted by atomic mass is 16.3. The lowest BCUT2D eigenvalue weighted by Gasteiger charge is -2.07. The molecule has 2 aromatic heterocycles. The van der Waals surface area contributed by atoms with E-state index in [1.54, 1.807) is 18.4 Å². The molecule has 1 amide bonds. The second-order valence-electron chi connectivity index (χ2n) is 6.43. The van der Waals surface area contributed by atoms with Crippen molar-refractivity contribution >= 4 is 12.1 Å². The van der Waals surface area contributed by atoms with E-state index < -0.39 is 0 Å². The zero-order valence-electron chi connectivity index (χ0n) is 15.7. The summed E-state index contributed by atoms with van der Waals surface area (Å²) in [5, 5.41) is 8.64. The zero-order valence-corrected chi connectivity index (χ0v) is 15.7. The number of hydrogen-bond acceptors (Lipinski definition) is 4. The number of nitrogens with one attached hydrogen (secondary N) is 1. The molecule has 0 bridgehead atoms. The molecule has 2 aromatic carbocycles. The Bertz CT molecular complexity index is 1080. The molecule has 0 radical (unpaired) electrons. The van der Waals surface area contributed by atoms with E-state index >= 15 is 0 Å². The van der Waals surface area contributed by atoms with Crippen molar-refractivity contribution in [2.24, 2.45) is 5.10 Å². The van der Waals surface area contributed by atoms with Crippen LogP contribution in [0.1, 0.15) is 12.2 Å². The molecule has 0 fully saturated rings. The Balaban J connectivity index is 1.49. The number of carbonyl (C=O) groups is 1. The first-order chi connectivity index (χ1) is 14.3. The number of benzene rings is 2. The molecule has 144 valence electrons. The van der Waals surface area contributed by atoms with E-state index in [9.17, 15) is 4.79 Å². The van der Waals surface area contributed by atoms with Gasteiger partial charge in [0.25, 0.3) is 0 Å². The van der Waals surface area contributed by atoms with E-state index in [2.05, 4.69) is 16.6 Å². The minimum Gasteiger partial charge on any atom is -0.463 e. The van der Waals surface area contributed by atoms with Crippen LogP contribution in [0.15, 0.2) is 94.6 Å². The minimum absolute atomic E-state index is 0.191. The molecule has 0 spiro atoms. The fourth-order valence-corrected chi connectivity index (χ4v) is 2.97. The van der Waals surface area contributed by atoms with Crippen LogP contribution in [0.3, 0.4) is 0 Å². The van der Waals surface area contributed by atoms with Crippen molar-refractivity contribution in [2.75, 3.05) is 0 Å². The second-order valence-corrected chi connectivity index (χ2v) is 6.43. The lowest BCUT2D eigenvalue weighted by Crippen LogP contribution is -2.20. The molecule has 4 aromatic rings. The van der Waals surface area contributed by atoms with Crippen LogP contribution in [0.2, 0.25) is 0 Å². The Labute approximate surface area is 168 Å². The molecule has 0 aliphatic heterocycles. The van der Waals surface area contributed by atoms with Crippen LogP contribution >= 0.6 is 0 Å². The summed E-state index contributed by atoms with van der Waals surface area (Å²) in [5.74, 6) is 0.389. The predicted molar refractivity (Wildman–Crippen MR) is 112 cm³/mol. The molecule has 6 heteroatoms. The van der Waals surface area contributed by atoms with Gasteiger partial charge in [-0.2, -0.15) is 10.2 Å². The number of nitrogens with zero attached hydrogens (tertiary/aromatic N) is 3. The largest absolute Gasteiger partial charge is 0.463 e. The average molecular weight is 384 g/mol. The lowest BCUT2D eigenvalue weighted by molar-refractivity contribution is -0.121. The third-order valence-electron chi connectivity index (χ3n) is 4.39. The zero-order chi connectivity index (χ0) is 19.9. The van der Waals surface area contributed by atoms with E-state index in [-0.39, 0.29) is 12.3 Å². The molecule has 29 heavy (non-hydrogen) atoms. The van der Waals surface area contributed by atoms with Gasteiger partial charge in [-0.3, -0.25) is 9.48 Å². The van der Waals surface area contributed by atoms with Gasteiger partial charge in [-0.05, 0) is 23.8 Å². The first-order valence-electron chi connectivity index (χ1n) is 9.34. The van der Waals surface area contributed by atoms with Crippen molar-refractivity contribution in [3.8, 4) is 22.5 Å². The number of carbonyl (C=O) groups excluding carboxylic acids is 1. The maximum atomic E-state index is 12.2. The number of aromatic nitrogens is 2. The van der Waals surface area contributed by atoms with Gasteiger partial charge in [0, 0.05) is 12.0 Å².